The maximum atomic E-state index is 13.7. The van der Waals surface area contributed by atoms with E-state index >= 15 is 0 Å². The molecule has 0 aliphatic heterocycles. The van der Waals surface area contributed by atoms with Crippen LogP contribution in [0.1, 0.15) is 42.3 Å². The molecule has 0 atom stereocenters. The first kappa shape index (κ1) is 24.6. The fourth-order valence-electron chi connectivity index (χ4n) is 3.52. The highest BCUT2D eigenvalue weighted by Crippen LogP contribution is 2.37. The van der Waals surface area contributed by atoms with E-state index in [0.29, 0.717) is 17.0 Å². The van der Waals surface area contributed by atoms with Gasteiger partial charge in [0.05, 0.1) is 16.1 Å². The topological polar surface area (TPSA) is 62.9 Å². The lowest BCUT2D eigenvalue weighted by molar-refractivity contribution is -0.137. The monoisotopic (exact) mass is 492 g/mol. The van der Waals surface area contributed by atoms with Gasteiger partial charge in [0.25, 0.3) is 0 Å². The fraction of sp³-hybridized carbons (Fsp3) is 0.208. The normalized spacial score (nSPS) is 12.8. The number of sulfone groups is 1. The van der Waals surface area contributed by atoms with Crippen LogP contribution in [-0.4, -0.2) is 13.0 Å². The molecule has 1 aromatic heterocycles. The van der Waals surface area contributed by atoms with Crippen LogP contribution in [-0.2, 0) is 16.0 Å². The quantitative estimate of drug-likeness (QED) is 0.363. The van der Waals surface area contributed by atoms with E-state index in [0.717, 1.165) is 6.07 Å². The van der Waals surface area contributed by atoms with Crippen molar-refractivity contribution in [3.63, 3.8) is 0 Å². The molecular weight excluding hydrogens is 473 g/mol. The zero-order chi connectivity index (χ0) is 24.6. The predicted octanol–water partition coefficient (Wildman–Crippen LogP) is 6.92. The van der Waals surface area contributed by atoms with Crippen molar-refractivity contribution in [3.05, 3.63) is 87.0 Å². The van der Waals surface area contributed by atoms with Crippen LogP contribution in [0.5, 0.6) is 0 Å². The van der Waals surface area contributed by atoms with Crippen LogP contribution < -0.4 is 0 Å². The first-order valence-corrected chi connectivity index (χ1v) is 11.7. The Morgan fingerprint density at radius 1 is 1.12 bits per heavy atom. The molecule has 0 aliphatic carbocycles. The second kappa shape index (κ2) is 9.08. The Balaban J connectivity index is 2.25. The van der Waals surface area contributed by atoms with E-state index in [1.54, 1.807) is 19.1 Å². The molecule has 2 aromatic carbocycles. The first-order chi connectivity index (χ1) is 15.4. The molecular formula is C24H20ClF3N2O2S. The summed E-state index contributed by atoms with van der Waals surface area (Å²) < 4.78 is 68.5. The summed E-state index contributed by atoms with van der Waals surface area (Å²) in [7, 11) is -4.18. The second-order valence-electron chi connectivity index (χ2n) is 7.70. The molecule has 1 heterocycles. The number of nitrogens with zero attached hydrogens (tertiary/aromatic N) is 2. The third kappa shape index (κ3) is 4.85. The van der Waals surface area contributed by atoms with E-state index in [2.05, 4.69) is 0 Å². The Hall–Kier alpha value is -3.02. The van der Waals surface area contributed by atoms with Crippen LogP contribution in [0.2, 0.25) is 5.02 Å². The van der Waals surface area contributed by atoms with Gasteiger partial charge in [0, 0.05) is 16.4 Å². The molecule has 0 N–H and O–H groups in total. The maximum Gasteiger partial charge on any atom is 0.418 e. The van der Waals surface area contributed by atoms with Crippen LogP contribution in [0.25, 0.3) is 11.8 Å². The smallest absolute Gasteiger partial charge is 0.317 e. The molecule has 0 fully saturated rings. The van der Waals surface area contributed by atoms with Crippen molar-refractivity contribution in [2.24, 2.45) is 0 Å². The standard InChI is InChI=1S/C24H20ClF3N2O2S/c1-15(2)23-12-17(11-20(14-29)33(31,32)19-8-6-7-18(25)13-19)16(3)30(23)22-10-5-4-9-21(22)24(26,27)28/h4-13,15H,1-3H3/b20-11+. The number of rotatable bonds is 5. The largest absolute Gasteiger partial charge is 0.418 e. The summed E-state index contributed by atoms with van der Waals surface area (Å²) in [4.78, 5) is -0.684. The number of halogens is 4. The van der Waals surface area contributed by atoms with Crippen LogP contribution in [0, 0.1) is 18.3 Å². The van der Waals surface area contributed by atoms with Crippen molar-refractivity contribution in [1.29, 1.82) is 5.26 Å². The predicted molar refractivity (Wildman–Crippen MR) is 122 cm³/mol. The SMILES string of the molecule is Cc1c(/C=C(\C#N)S(=O)(=O)c2cccc(Cl)c2)cc(C(C)C)n1-c1ccccc1C(F)(F)F. The molecule has 0 spiro atoms. The van der Waals surface area contributed by atoms with Gasteiger partial charge in [-0.15, -0.1) is 0 Å². The Morgan fingerprint density at radius 3 is 2.36 bits per heavy atom. The zero-order valence-electron chi connectivity index (χ0n) is 18.0. The molecule has 0 amide bonds. The number of aromatic nitrogens is 1. The average molecular weight is 493 g/mol. The van der Waals surface area contributed by atoms with E-state index in [1.165, 1.54) is 53.1 Å². The summed E-state index contributed by atoms with van der Waals surface area (Å²) in [6, 6.07) is 14.0. The molecule has 0 unspecified atom stereocenters. The van der Waals surface area contributed by atoms with Gasteiger partial charge in [0.2, 0.25) is 9.84 Å². The van der Waals surface area contributed by atoms with E-state index < -0.39 is 26.5 Å². The maximum absolute atomic E-state index is 13.7. The number of para-hydroxylation sites is 1. The first-order valence-electron chi connectivity index (χ1n) is 9.89. The van der Waals surface area contributed by atoms with E-state index in [9.17, 15) is 26.9 Å². The Labute approximate surface area is 195 Å². The highest BCUT2D eigenvalue weighted by molar-refractivity contribution is 7.95. The Morgan fingerprint density at radius 2 is 1.79 bits per heavy atom. The van der Waals surface area contributed by atoms with Gasteiger partial charge in [0.15, 0.2) is 0 Å². The summed E-state index contributed by atoms with van der Waals surface area (Å²) in [5.74, 6) is -0.179. The van der Waals surface area contributed by atoms with E-state index in [1.807, 2.05) is 13.8 Å². The molecule has 33 heavy (non-hydrogen) atoms. The van der Waals surface area contributed by atoms with Crippen molar-refractivity contribution >= 4 is 27.5 Å². The molecule has 0 bridgehead atoms. The molecule has 0 saturated carbocycles. The number of benzene rings is 2. The Bertz CT molecular complexity index is 1380. The van der Waals surface area contributed by atoms with Gasteiger partial charge < -0.3 is 4.57 Å². The van der Waals surface area contributed by atoms with Crippen LogP contribution in [0.4, 0.5) is 13.2 Å². The summed E-state index contributed by atoms with van der Waals surface area (Å²) in [5.41, 5.74) is 0.380. The Kier molecular flexibility index (Phi) is 6.78. The minimum atomic E-state index is -4.58. The number of hydrogen-bond acceptors (Lipinski definition) is 3. The van der Waals surface area contributed by atoms with E-state index in [4.69, 9.17) is 11.6 Å². The van der Waals surface area contributed by atoms with Crippen molar-refractivity contribution in [2.75, 3.05) is 0 Å². The van der Waals surface area contributed by atoms with Crippen molar-refractivity contribution in [3.8, 4) is 11.8 Å². The van der Waals surface area contributed by atoms with Gasteiger partial charge >= 0.3 is 6.18 Å². The van der Waals surface area contributed by atoms with Crippen molar-refractivity contribution in [2.45, 2.75) is 37.8 Å². The minimum absolute atomic E-state index is 0.0675. The number of alkyl halides is 3. The summed E-state index contributed by atoms with van der Waals surface area (Å²) in [6.07, 6.45) is -3.39. The zero-order valence-corrected chi connectivity index (χ0v) is 19.6. The third-order valence-electron chi connectivity index (χ3n) is 5.15. The lowest BCUT2D eigenvalue weighted by Crippen LogP contribution is -2.13. The molecule has 172 valence electrons. The van der Waals surface area contributed by atoms with Crippen molar-refractivity contribution < 1.29 is 21.6 Å². The highest BCUT2D eigenvalue weighted by Gasteiger charge is 2.34. The molecule has 3 rings (SSSR count). The summed E-state index contributed by atoms with van der Waals surface area (Å²) in [6.45, 7) is 5.23. The van der Waals surface area contributed by atoms with E-state index in [-0.39, 0.29) is 21.5 Å². The molecule has 0 aliphatic rings. The molecule has 4 nitrogen and oxygen atoms in total. The molecule has 0 radical (unpaired) electrons. The molecule has 9 heteroatoms. The number of nitriles is 1. The fourth-order valence-corrected chi connectivity index (χ4v) is 4.97. The van der Waals surface area contributed by atoms with Gasteiger partial charge in [-0.1, -0.05) is 43.6 Å². The van der Waals surface area contributed by atoms with Crippen LogP contribution in [0.3, 0.4) is 0 Å². The third-order valence-corrected chi connectivity index (χ3v) is 7.05. The molecule has 3 aromatic rings. The second-order valence-corrected chi connectivity index (χ2v) is 10.1. The number of allylic oxidation sites excluding steroid dienone is 1. The lowest BCUT2D eigenvalue weighted by atomic mass is 10.1. The van der Waals surface area contributed by atoms with Gasteiger partial charge in [0.1, 0.15) is 11.0 Å². The molecule has 0 saturated heterocycles. The lowest BCUT2D eigenvalue weighted by Gasteiger charge is -2.19. The van der Waals surface area contributed by atoms with Gasteiger partial charge in [-0.3, -0.25) is 0 Å². The van der Waals surface area contributed by atoms with Crippen LogP contribution >= 0.6 is 11.6 Å². The highest BCUT2D eigenvalue weighted by atomic mass is 35.5. The summed E-state index contributed by atoms with van der Waals surface area (Å²) in [5, 5.41) is 9.81. The van der Waals surface area contributed by atoms with Crippen molar-refractivity contribution in [1.82, 2.24) is 4.57 Å². The number of hydrogen-bond donors (Lipinski definition) is 0. The van der Waals surface area contributed by atoms with Crippen LogP contribution in [0.15, 0.2) is 64.4 Å². The average Bonchev–Trinajstić information content (AvgIpc) is 3.07. The van der Waals surface area contributed by atoms with Gasteiger partial charge in [-0.25, -0.2) is 8.42 Å². The summed E-state index contributed by atoms with van der Waals surface area (Å²) >= 11 is 5.90. The van der Waals surface area contributed by atoms with Gasteiger partial charge in [-0.2, -0.15) is 18.4 Å². The van der Waals surface area contributed by atoms with Gasteiger partial charge in [-0.05, 0) is 60.9 Å². The minimum Gasteiger partial charge on any atom is -0.317 e.